The van der Waals surface area contributed by atoms with Gasteiger partial charge in [0, 0.05) is 26.0 Å². The molecule has 2 aromatic heterocycles. The van der Waals surface area contributed by atoms with Gasteiger partial charge >= 0.3 is 0 Å². The summed E-state index contributed by atoms with van der Waals surface area (Å²) in [5.41, 5.74) is 0. The number of hydrogen-bond acceptors (Lipinski definition) is 6. The predicted molar refractivity (Wildman–Crippen MR) is 81.5 cm³/mol. The van der Waals surface area contributed by atoms with Crippen molar-refractivity contribution in [3.8, 4) is 5.95 Å². The molecule has 1 aliphatic carbocycles. The molecule has 1 aliphatic rings. The molecule has 2 unspecified atom stereocenters. The largest absolute Gasteiger partial charge is 0.357 e. The minimum Gasteiger partial charge on any atom is -0.357 e. The molecule has 0 aromatic carbocycles. The van der Waals surface area contributed by atoms with Crippen LogP contribution in [0.5, 0.6) is 0 Å². The van der Waals surface area contributed by atoms with E-state index in [2.05, 4.69) is 37.6 Å². The van der Waals surface area contributed by atoms with E-state index in [1.54, 1.807) is 17.9 Å². The SMILES string of the molecule is CNc1nc(NCC2CCCC2C)nc(-n2cccn2)n1. The van der Waals surface area contributed by atoms with Crippen molar-refractivity contribution in [1.82, 2.24) is 24.7 Å². The molecule has 3 rings (SSSR count). The first-order valence-corrected chi connectivity index (χ1v) is 7.44. The zero-order valence-electron chi connectivity index (χ0n) is 12.5. The van der Waals surface area contributed by atoms with Gasteiger partial charge in [0.25, 0.3) is 5.95 Å². The predicted octanol–water partition coefficient (Wildman–Crippen LogP) is 1.95. The third kappa shape index (κ3) is 3.12. The van der Waals surface area contributed by atoms with E-state index in [1.165, 1.54) is 19.3 Å². The van der Waals surface area contributed by atoms with E-state index < -0.39 is 0 Å². The van der Waals surface area contributed by atoms with Crippen molar-refractivity contribution >= 4 is 11.9 Å². The van der Waals surface area contributed by atoms with Gasteiger partial charge in [0.05, 0.1) is 0 Å². The first-order valence-electron chi connectivity index (χ1n) is 7.44. The summed E-state index contributed by atoms with van der Waals surface area (Å²) in [6.45, 7) is 3.23. The first-order chi connectivity index (χ1) is 10.3. The summed E-state index contributed by atoms with van der Waals surface area (Å²) >= 11 is 0. The molecule has 0 spiro atoms. The minimum atomic E-state index is 0.515. The normalized spacial score (nSPS) is 21.4. The van der Waals surface area contributed by atoms with Gasteiger partial charge in [-0.2, -0.15) is 20.1 Å². The molecule has 0 bridgehead atoms. The van der Waals surface area contributed by atoms with E-state index in [9.17, 15) is 0 Å². The lowest BCUT2D eigenvalue weighted by Crippen LogP contribution is -2.19. The summed E-state index contributed by atoms with van der Waals surface area (Å²) in [4.78, 5) is 13.1. The zero-order chi connectivity index (χ0) is 14.7. The fourth-order valence-electron chi connectivity index (χ4n) is 2.79. The quantitative estimate of drug-likeness (QED) is 0.875. The van der Waals surface area contributed by atoms with Gasteiger partial charge in [-0.25, -0.2) is 4.68 Å². The molecule has 2 aromatic rings. The van der Waals surface area contributed by atoms with Gasteiger partial charge in [-0.05, 0) is 24.3 Å². The van der Waals surface area contributed by atoms with Gasteiger partial charge in [-0.15, -0.1) is 0 Å². The Morgan fingerprint density at radius 3 is 2.76 bits per heavy atom. The van der Waals surface area contributed by atoms with Crippen molar-refractivity contribution in [3.05, 3.63) is 18.5 Å². The fraction of sp³-hybridized carbons (Fsp3) is 0.571. The molecule has 1 fully saturated rings. The second kappa shape index (κ2) is 6.07. The van der Waals surface area contributed by atoms with Crippen LogP contribution in [-0.4, -0.2) is 38.3 Å². The van der Waals surface area contributed by atoms with Gasteiger partial charge in [-0.1, -0.05) is 19.8 Å². The smallest absolute Gasteiger partial charge is 0.257 e. The molecular weight excluding hydrogens is 266 g/mol. The van der Waals surface area contributed by atoms with Crippen molar-refractivity contribution in [1.29, 1.82) is 0 Å². The molecule has 7 heteroatoms. The first kappa shape index (κ1) is 13.8. The number of anilines is 2. The maximum absolute atomic E-state index is 4.44. The molecule has 0 aliphatic heterocycles. The Labute approximate surface area is 124 Å². The lowest BCUT2D eigenvalue weighted by Gasteiger charge is -2.16. The Bertz CT molecular complexity index is 581. The molecular formula is C14H21N7. The maximum atomic E-state index is 4.44. The third-order valence-electron chi connectivity index (χ3n) is 4.12. The zero-order valence-corrected chi connectivity index (χ0v) is 12.5. The number of aromatic nitrogens is 5. The summed E-state index contributed by atoms with van der Waals surface area (Å²) in [6, 6.07) is 1.84. The second-order valence-electron chi connectivity index (χ2n) is 5.53. The average Bonchev–Trinajstić information content (AvgIpc) is 3.16. The monoisotopic (exact) mass is 287 g/mol. The summed E-state index contributed by atoms with van der Waals surface area (Å²) in [7, 11) is 1.80. The Morgan fingerprint density at radius 2 is 2.10 bits per heavy atom. The molecule has 0 amide bonds. The highest BCUT2D eigenvalue weighted by Gasteiger charge is 2.23. The molecule has 21 heavy (non-hydrogen) atoms. The number of hydrogen-bond donors (Lipinski definition) is 2. The summed E-state index contributed by atoms with van der Waals surface area (Å²) < 4.78 is 1.63. The van der Waals surface area contributed by atoms with Crippen LogP contribution < -0.4 is 10.6 Å². The molecule has 112 valence electrons. The van der Waals surface area contributed by atoms with E-state index >= 15 is 0 Å². The van der Waals surface area contributed by atoms with Crippen molar-refractivity contribution in [3.63, 3.8) is 0 Å². The van der Waals surface area contributed by atoms with Crippen molar-refractivity contribution in [2.45, 2.75) is 26.2 Å². The van der Waals surface area contributed by atoms with E-state index in [1.807, 2.05) is 12.3 Å². The molecule has 0 radical (unpaired) electrons. The van der Waals surface area contributed by atoms with Crippen molar-refractivity contribution in [2.75, 3.05) is 24.2 Å². The van der Waals surface area contributed by atoms with Crippen molar-refractivity contribution in [2.24, 2.45) is 11.8 Å². The van der Waals surface area contributed by atoms with Crippen LogP contribution in [0.2, 0.25) is 0 Å². The van der Waals surface area contributed by atoms with Gasteiger partial charge in [0.2, 0.25) is 11.9 Å². The molecule has 0 saturated heterocycles. The average molecular weight is 287 g/mol. The Kier molecular flexibility index (Phi) is 3.98. The van der Waals surface area contributed by atoms with E-state index in [0.717, 1.165) is 12.5 Å². The summed E-state index contributed by atoms with van der Waals surface area (Å²) in [5.74, 6) is 3.12. The number of nitrogens with one attached hydrogen (secondary N) is 2. The Hall–Kier alpha value is -2.18. The summed E-state index contributed by atoms with van der Waals surface area (Å²) in [6.07, 6.45) is 7.45. The minimum absolute atomic E-state index is 0.515. The van der Waals surface area contributed by atoms with E-state index in [-0.39, 0.29) is 0 Å². The Balaban J connectivity index is 1.76. The molecule has 1 saturated carbocycles. The third-order valence-corrected chi connectivity index (χ3v) is 4.12. The van der Waals surface area contributed by atoms with E-state index in [4.69, 9.17) is 0 Å². The standard InChI is InChI=1S/C14H21N7/c1-10-5-3-6-11(10)9-16-13-18-12(15-2)19-14(20-13)21-8-4-7-17-21/h4,7-8,10-11H,3,5-6,9H2,1-2H3,(H2,15,16,18,19,20). The van der Waals surface area contributed by atoms with Crippen LogP contribution >= 0.6 is 0 Å². The second-order valence-corrected chi connectivity index (χ2v) is 5.53. The highest BCUT2D eigenvalue weighted by atomic mass is 15.4. The van der Waals surface area contributed by atoms with Crippen LogP contribution in [-0.2, 0) is 0 Å². The van der Waals surface area contributed by atoms with Gasteiger partial charge in [-0.3, -0.25) is 0 Å². The highest BCUT2D eigenvalue weighted by molar-refractivity contribution is 5.37. The van der Waals surface area contributed by atoms with Crippen LogP contribution in [0.25, 0.3) is 5.95 Å². The van der Waals surface area contributed by atoms with Gasteiger partial charge in [0.1, 0.15) is 0 Å². The van der Waals surface area contributed by atoms with Crippen LogP contribution in [0.4, 0.5) is 11.9 Å². The van der Waals surface area contributed by atoms with Crippen LogP contribution in [0.3, 0.4) is 0 Å². The molecule has 2 heterocycles. The van der Waals surface area contributed by atoms with Crippen LogP contribution in [0.1, 0.15) is 26.2 Å². The molecule has 2 N–H and O–H groups in total. The lowest BCUT2D eigenvalue weighted by molar-refractivity contribution is 0.439. The fourth-order valence-corrected chi connectivity index (χ4v) is 2.79. The number of nitrogens with zero attached hydrogens (tertiary/aromatic N) is 5. The number of rotatable bonds is 5. The van der Waals surface area contributed by atoms with Crippen molar-refractivity contribution < 1.29 is 0 Å². The van der Waals surface area contributed by atoms with Crippen LogP contribution in [0.15, 0.2) is 18.5 Å². The topological polar surface area (TPSA) is 80.5 Å². The lowest BCUT2D eigenvalue weighted by atomic mass is 9.98. The summed E-state index contributed by atoms with van der Waals surface area (Å²) in [5, 5.41) is 10.5. The van der Waals surface area contributed by atoms with E-state index in [0.29, 0.717) is 23.8 Å². The highest BCUT2D eigenvalue weighted by Crippen LogP contribution is 2.31. The van der Waals surface area contributed by atoms with Gasteiger partial charge < -0.3 is 10.6 Å². The molecule has 7 nitrogen and oxygen atoms in total. The maximum Gasteiger partial charge on any atom is 0.257 e. The Morgan fingerprint density at radius 1 is 1.24 bits per heavy atom. The van der Waals surface area contributed by atoms with Gasteiger partial charge in [0.15, 0.2) is 0 Å². The molecule has 2 atom stereocenters. The van der Waals surface area contributed by atoms with Crippen LogP contribution in [0, 0.1) is 11.8 Å².